The van der Waals surface area contributed by atoms with Crippen molar-refractivity contribution in [3.8, 4) is 0 Å². The van der Waals surface area contributed by atoms with Crippen molar-refractivity contribution < 1.29 is 22.7 Å². The average molecular weight is 263 g/mol. The summed E-state index contributed by atoms with van der Waals surface area (Å²) in [5, 5.41) is 6.73. The summed E-state index contributed by atoms with van der Waals surface area (Å²) in [6.45, 7) is 1.11. The number of halogens is 3. The first-order valence-electron chi connectivity index (χ1n) is 5.60. The van der Waals surface area contributed by atoms with Gasteiger partial charge in [0.2, 0.25) is 0 Å². The van der Waals surface area contributed by atoms with Crippen LogP contribution >= 0.6 is 0 Å². The lowest BCUT2D eigenvalue weighted by Crippen LogP contribution is -2.23. The molecule has 0 aromatic carbocycles. The number of carbonyl (C=O) groups is 1. The molecular weight excluding hydrogens is 251 g/mol. The maximum Gasteiger partial charge on any atom is 0.456 e. The predicted molar refractivity (Wildman–Crippen MR) is 54.0 cm³/mol. The molecule has 1 aromatic heterocycles. The van der Waals surface area contributed by atoms with Crippen LogP contribution in [0.15, 0.2) is 6.20 Å². The Morgan fingerprint density at radius 1 is 1.56 bits per heavy atom. The Labute approximate surface area is 101 Å². The molecule has 0 radical (unpaired) electrons. The number of Topliss-reactive ketones (excluding diaryl/α,β-unsaturated/α-hetero) is 1. The molecule has 1 atom stereocenters. The molecule has 1 saturated heterocycles. The lowest BCUT2D eigenvalue weighted by Gasteiger charge is -2.07. The summed E-state index contributed by atoms with van der Waals surface area (Å²) in [6, 6.07) is 0. The maximum atomic E-state index is 12.1. The Morgan fingerprint density at radius 2 is 2.33 bits per heavy atom. The number of rotatable bonds is 4. The topological polar surface area (TPSA) is 57.0 Å². The fourth-order valence-corrected chi connectivity index (χ4v) is 1.81. The molecule has 5 nitrogen and oxygen atoms in total. The van der Waals surface area contributed by atoms with Gasteiger partial charge in [-0.3, -0.25) is 9.48 Å². The number of ether oxygens (including phenoxy) is 1. The normalized spacial score (nSPS) is 20.3. The first-order chi connectivity index (χ1) is 8.47. The highest BCUT2D eigenvalue weighted by Crippen LogP contribution is 2.20. The molecule has 0 saturated carbocycles. The molecule has 1 fully saturated rings. The third-order valence-electron chi connectivity index (χ3n) is 2.73. The molecule has 18 heavy (non-hydrogen) atoms. The molecule has 1 unspecified atom stereocenters. The van der Waals surface area contributed by atoms with E-state index in [4.69, 9.17) is 4.74 Å². The van der Waals surface area contributed by atoms with Crippen molar-refractivity contribution in [3.63, 3.8) is 0 Å². The van der Waals surface area contributed by atoms with Crippen LogP contribution in [0.2, 0.25) is 0 Å². The number of carbonyl (C=O) groups excluding carboxylic acids is 1. The first-order valence-corrected chi connectivity index (χ1v) is 5.60. The molecule has 2 rings (SSSR count). The van der Waals surface area contributed by atoms with Crippen LogP contribution in [0.5, 0.6) is 0 Å². The van der Waals surface area contributed by atoms with Crippen molar-refractivity contribution >= 4 is 5.78 Å². The van der Waals surface area contributed by atoms with E-state index in [9.17, 15) is 18.0 Å². The average Bonchev–Trinajstić information content (AvgIpc) is 2.95. The van der Waals surface area contributed by atoms with Gasteiger partial charge in [0.05, 0.1) is 12.3 Å². The fourth-order valence-electron chi connectivity index (χ4n) is 1.81. The predicted octanol–water partition coefficient (Wildman–Crippen LogP) is 1.59. The van der Waals surface area contributed by atoms with E-state index in [0.717, 1.165) is 25.6 Å². The zero-order valence-corrected chi connectivity index (χ0v) is 9.48. The van der Waals surface area contributed by atoms with E-state index in [1.54, 1.807) is 0 Å². The summed E-state index contributed by atoms with van der Waals surface area (Å²) in [7, 11) is 0. The van der Waals surface area contributed by atoms with Crippen LogP contribution in [0.4, 0.5) is 13.2 Å². The van der Waals surface area contributed by atoms with Crippen LogP contribution in [0.25, 0.3) is 0 Å². The molecule has 0 spiro atoms. The summed E-state index contributed by atoms with van der Waals surface area (Å²) in [5.74, 6) is -1.97. The Balaban J connectivity index is 1.91. The fraction of sp³-hybridized carbons (Fsp3) is 0.700. The number of aryl methyl sites for hydroxylation is 1. The Kier molecular flexibility index (Phi) is 3.65. The van der Waals surface area contributed by atoms with Crippen LogP contribution < -0.4 is 0 Å². The molecular formula is C10H12F3N3O2. The van der Waals surface area contributed by atoms with E-state index in [0.29, 0.717) is 13.0 Å². The molecule has 1 aliphatic rings. The van der Waals surface area contributed by atoms with Crippen molar-refractivity contribution in [2.24, 2.45) is 0 Å². The van der Waals surface area contributed by atoms with E-state index in [1.807, 2.05) is 0 Å². The second kappa shape index (κ2) is 5.05. The number of ketones is 1. The largest absolute Gasteiger partial charge is 0.456 e. The minimum absolute atomic E-state index is 0.121. The smallest absolute Gasteiger partial charge is 0.378 e. The highest BCUT2D eigenvalue weighted by molar-refractivity contribution is 5.98. The lowest BCUT2D eigenvalue weighted by atomic mass is 10.2. The van der Waals surface area contributed by atoms with E-state index >= 15 is 0 Å². The lowest BCUT2D eigenvalue weighted by molar-refractivity contribution is -0.0888. The zero-order chi connectivity index (χ0) is 13.2. The monoisotopic (exact) mass is 263 g/mol. The first kappa shape index (κ1) is 13.0. The summed E-state index contributed by atoms with van der Waals surface area (Å²) < 4.78 is 43.0. The molecule has 0 amide bonds. The summed E-state index contributed by atoms with van der Waals surface area (Å²) in [4.78, 5) is 10.9. The van der Waals surface area contributed by atoms with Gasteiger partial charge in [0, 0.05) is 13.2 Å². The van der Waals surface area contributed by atoms with Crippen molar-refractivity contribution in [1.82, 2.24) is 15.0 Å². The van der Waals surface area contributed by atoms with Crippen LogP contribution in [0.3, 0.4) is 0 Å². The van der Waals surface area contributed by atoms with Gasteiger partial charge in [0.1, 0.15) is 0 Å². The summed E-state index contributed by atoms with van der Waals surface area (Å²) >= 11 is 0. The van der Waals surface area contributed by atoms with Gasteiger partial charge in [-0.05, 0) is 19.3 Å². The van der Waals surface area contributed by atoms with Gasteiger partial charge < -0.3 is 4.74 Å². The second-order valence-electron chi connectivity index (χ2n) is 4.12. The molecule has 2 heterocycles. The van der Waals surface area contributed by atoms with Gasteiger partial charge in [-0.1, -0.05) is 5.21 Å². The molecule has 0 aliphatic carbocycles. The SMILES string of the molecule is O=C(c1cn(CCC2CCCO2)nn1)C(F)(F)F. The number of hydrogen-bond donors (Lipinski definition) is 0. The quantitative estimate of drug-likeness (QED) is 0.774. The van der Waals surface area contributed by atoms with Crippen molar-refractivity contribution in [2.75, 3.05) is 6.61 Å². The van der Waals surface area contributed by atoms with Crippen molar-refractivity contribution in [3.05, 3.63) is 11.9 Å². The van der Waals surface area contributed by atoms with Gasteiger partial charge in [-0.15, -0.1) is 5.10 Å². The third kappa shape index (κ3) is 3.06. The highest BCUT2D eigenvalue weighted by Gasteiger charge is 2.41. The van der Waals surface area contributed by atoms with E-state index in [1.165, 1.54) is 4.68 Å². The van der Waals surface area contributed by atoms with Crippen LogP contribution in [0, 0.1) is 0 Å². The Morgan fingerprint density at radius 3 is 2.94 bits per heavy atom. The van der Waals surface area contributed by atoms with Crippen LogP contribution in [0.1, 0.15) is 29.8 Å². The van der Waals surface area contributed by atoms with Gasteiger partial charge in [0.25, 0.3) is 5.78 Å². The zero-order valence-electron chi connectivity index (χ0n) is 9.48. The highest BCUT2D eigenvalue weighted by atomic mass is 19.4. The number of aromatic nitrogens is 3. The number of alkyl halides is 3. The molecule has 1 aliphatic heterocycles. The van der Waals surface area contributed by atoms with Gasteiger partial charge in [-0.2, -0.15) is 13.2 Å². The van der Waals surface area contributed by atoms with Crippen LogP contribution in [-0.4, -0.2) is 39.7 Å². The van der Waals surface area contributed by atoms with Crippen LogP contribution in [-0.2, 0) is 11.3 Å². The maximum absolute atomic E-state index is 12.1. The number of hydrogen-bond acceptors (Lipinski definition) is 4. The molecule has 0 bridgehead atoms. The van der Waals surface area contributed by atoms with Gasteiger partial charge in [-0.25, -0.2) is 0 Å². The Bertz CT molecular complexity index is 424. The third-order valence-corrected chi connectivity index (χ3v) is 2.73. The van der Waals surface area contributed by atoms with Gasteiger partial charge >= 0.3 is 6.18 Å². The minimum atomic E-state index is -4.91. The van der Waals surface area contributed by atoms with E-state index in [2.05, 4.69) is 10.3 Å². The molecule has 100 valence electrons. The van der Waals surface area contributed by atoms with Crippen molar-refractivity contribution in [1.29, 1.82) is 0 Å². The minimum Gasteiger partial charge on any atom is -0.378 e. The summed E-state index contributed by atoms with van der Waals surface area (Å²) in [6.07, 6.45) is -1.16. The molecule has 1 aromatic rings. The second-order valence-corrected chi connectivity index (χ2v) is 4.12. The van der Waals surface area contributed by atoms with E-state index < -0.39 is 17.7 Å². The standard InChI is InChI=1S/C10H12F3N3O2/c11-10(12,13)9(17)8-6-16(15-14-8)4-3-7-2-1-5-18-7/h6-7H,1-5H2. The summed E-state index contributed by atoms with van der Waals surface area (Å²) in [5.41, 5.74) is -0.671. The molecule has 8 heteroatoms. The molecule has 0 N–H and O–H groups in total. The number of nitrogens with zero attached hydrogens (tertiary/aromatic N) is 3. The van der Waals surface area contributed by atoms with Gasteiger partial charge in [0.15, 0.2) is 5.69 Å². The Hall–Kier alpha value is -1.44. The van der Waals surface area contributed by atoms with Crippen molar-refractivity contribution in [2.45, 2.75) is 38.1 Å². The van der Waals surface area contributed by atoms with E-state index in [-0.39, 0.29) is 6.10 Å².